The molecular formula is C29H22F3N3O5S2. The summed E-state index contributed by atoms with van der Waals surface area (Å²) in [7, 11) is -4.38. The van der Waals surface area contributed by atoms with Gasteiger partial charge in [-0.2, -0.15) is 13.2 Å². The number of amides is 2. The number of halogens is 3. The molecule has 1 aliphatic rings. The van der Waals surface area contributed by atoms with Crippen LogP contribution in [0.15, 0.2) is 116 Å². The van der Waals surface area contributed by atoms with Crippen LogP contribution < -0.4 is 10.0 Å². The van der Waals surface area contributed by atoms with Crippen LogP contribution in [0.25, 0.3) is 0 Å². The number of alkyl halides is 3. The highest BCUT2D eigenvalue weighted by Gasteiger charge is 2.39. The summed E-state index contributed by atoms with van der Waals surface area (Å²) >= 11 is 0.943. The molecule has 0 unspecified atom stereocenters. The zero-order valence-electron chi connectivity index (χ0n) is 21.8. The van der Waals surface area contributed by atoms with Crippen LogP contribution in [0.5, 0.6) is 0 Å². The van der Waals surface area contributed by atoms with E-state index in [1.165, 1.54) is 24.5 Å². The number of hydrogen-bond acceptors (Lipinski definition) is 7. The quantitative estimate of drug-likeness (QED) is 0.211. The van der Waals surface area contributed by atoms with Gasteiger partial charge in [0.15, 0.2) is 0 Å². The second kappa shape index (κ2) is 11.4. The molecule has 3 aromatic carbocycles. The molecule has 0 aliphatic carbocycles. The van der Waals surface area contributed by atoms with Crippen molar-refractivity contribution in [2.45, 2.75) is 29.4 Å². The van der Waals surface area contributed by atoms with Crippen LogP contribution in [0.4, 0.5) is 24.5 Å². The van der Waals surface area contributed by atoms with E-state index in [1.54, 1.807) is 30.3 Å². The number of imide groups is 1. The van der Waals surface area contributed by atoms with Gasteiger partial charge in [0, 0.05) is 16.3 Å². The van der Waals surface area contributed by atoms with Crippen LogP contribution in [0.1, 0.15) is 16.9 Å². The summed E-state index contributed by atoms with van der Waals surface area (Å²) in [5, 5.41) is 3.03. The van der Waals surface area contributed by atoms with Crippen molar-refractivity contribution in [2.24, 2.45) is 0 Å². The van der Waals surface area contributed by atoms with E-state index in [2.05, 4.69) is 10.0 Å². The van der Waals surface area contributed by atoms with Crippen molar-refractivity contribution in [1.82, 2.24) is 4.90 Å². The molecule has 0 spiro atoms. The molecule has 0 saturated carbocycles. The number of anilines is 2. The van der Waals surface area contributed by atoms with Crippen molar-refractivity contribution in [3.8, 4) is 0 Å². The molecule has 0 radical (unpaired) electrons. The lowest BCUT2D eigenvalue weighted by atomic mass is 10.2. The standard InChI is InChI=1S/C29H22F3N3O5S2/c1-18-10-12-20(13-11-18)33-25-26(28(37)35(27(25)36)17-22-7-4-14-40-22)41-23-8-3-6-21(16-23)34-42(38,39)24-9-2-5-19(15-24)29(30,31)32/h2-16,33-34H,17H2,1H3. The first-order chi connectivity index (χ1) is 19.9. The first-order valence-corrected chi connectivity index (χ1v) is 14.7. The van der Waals surface area contributed by atoms with E-state index in [9.17, 15) is 31.2 Å². The Morgan fingerprint density at radius 3 is 2.31 bits per heavy atom. The van der Waals surface area contributed by atoms with Crippen molar-refractivity contribution in [2.75, 3.05) is 10.0 Å². The van der Waals surface area contributed by atoms with E-state index in [4.69, 9.17) is 4.42 Å². The van der Waals surface area contributed by atoms with Gasteiger partial charge in [0.1, 0.15) is 16.4 Å². The fraction of sp³-hybridized carbons (Fsp3) is 0.103. The number of carbonyl (C=O) groups excluding carboxylic acids is 2. The number of thioether (sulfide) groups is 1. The van der Waals surface area contributed by atoms with Crippen molar-refractivity contribution >= 4 is 45.0 Å². The van der Waals surface area contributed by atoms with Gasteiger partial charge in [0.25, 0.3) is 21.8 Å². The zero-order valence-corrected chi connectivity index (χ0v) is 23.4. The Kier molecular flexibility index (Phi) is 7.89. The summed E-state index contributed by atoms with van der Waals surface area (Å²) in [4.78, 5) is 27.8. The first-order valence-electron chi connectivity index (χ1n) is 12.4. The molecule has 13 heteroatoms. The number of furan rings is 1. The van der Waals surface area contributed by atoms with Crippen molar-refractivity contribution in [1.29, 1.82) is 0 Å². The molecule has 2 N–H and O–H groups in total. The predicted octanol–water partition coefficient (Wildman–Crippen LogP) is 6.39. The van der Waals surface area contributed by atoms with Crippen LogP contribution in [0.2, 0.25) is 0 Å². The minimum Gasteiger partial charge on any atom is -0.467 e. The molecule has 0 bridgehead atoms. The van der Waals surface area contributed by atoms with Crippen LogP contribution in [-0.4, -0.2) is 25.1 Å². The fourth-order valence-corrected chi connectivity index (χ4v) is 6.14. The SMILES string of the molecule is Cc1ccc(NC2=C(Sc3cccc(NS(=O)(=O)c4cccc(C(F)(F)F)c4)c3)C(=O)N(Cc3ccco3)C2=O)cc1. The van der Waals surface area contributed by atoms with Gasteiger partial charge in [-0.3, -0.25) is 19.2 Å². The summed E-state index contributed by atoms with van der Waals surface area (Å²) in [6.45, 7) is 1.82. The Bertz CT molecular complexity index is 1790. The Hall–Kier alpha value is -4.49. The monoisotopic (exact) mass is 613 g/mol. The van der Waals surface area contributed by atoms with Crippen LogP contribution in [0.3, 0.4) is 0 Å². The third-order valence-electron chi connectivity index (χ3n) is 6.12. The highest BCUT2D eigenvalue weighted by atomic mass is 32.2. The molecule has 0 saturated heterocycles. The Labute approximate surface area is 243 Å². The summed E-state index contributed by atoms with van der Waals surface area (Å²) in [6, 6.07) is 19.8. The van der Waals surface area contributed by atoms with Crippen molar-refractivity contribution in [3.63, 3.8) is 0 Å². The van der Waals surface area contributed by atoms with Gasteiger partial charge in [-0.25, -0.2) is 8.42 Å². The summed E-state index contributed by atoms with van der Waals surface area (Å²) < 4.78 is 72.7. The van der Waals surface area contributed by atoms with E-state index in [0.717, 1.165) is 40.4 Å². The summed E-state index contributed by atoms with van der Waals surface area (Å²) in [6.07, 6.45) is -3.28. The Morgan fingerprint density at radius 1 is 0.881 bits per heavy atom. The van der Waals surface area contributed by atoms with Gasteiger partial charge < -0.3 is 9.73 Å². The second-order valence-electron chi connectivity index (χ2n) is 9.23. The maximum Gasteiger partial charge on any atom is 0.416 e. The second-order valence-corrected chi connectivity index (χ2v) is 12.0. The highest BCUT2D eigenvalue weighted by molar-refractivity contribution is 8.04. The van der Waals surface area contributed by atoms with Gasteiger partial charge >= 0.3 is 6.18 Å². The number of sulfonamides is 1. The molecule has 8 nitrogen and oxygen atoms in total. The molecule has 2 heterocycles. The minimum atomic E-state index is -4.71. The molecule has 2 amide bonds. The summed E-state index contributed by atoms with van der Waals surface area (Å²) in [5.74, 6) is -0.740. The van der Waals surface area contributed by atoms with Crippen LogP contribution in [-0.2, 0) is 32.3 Å². The number of nitrogens with zero attached hydrogens (tertiary/aromatic N) is 1. The smallest absolute Gasteiger partial charge is 0.416 e. The lowest BCUT2D eigenvalue weighted by Crippen LogP contribution is -2.31. The lowest BCUT2D eigenvalue weighted by molar-refractivity contribution is -0.139. The van der Waals surface area contributed by atoms with E-state index >= 15 is 0 Å². The van der Waals surface area contributed by atoms with Gasteiger partial charge in [-0.15, -0.1) is 0 Å². The molecule has 42 heavy (non-hydrogen) atoms. The molecule has 1 aliphatic heterocycles. The lowest BCUT2D eigenvalue weighted by Gasteiger charge is -2.13. The Morgan fingerprint density at radius 2 is 1.62 bits per heavy atom. The average molecular weight is 614 g/mol. The molecule has 4 aromatic rings. The van der Waals surface area contributed by atoms with E-state index in [-0.39, 0.29) is 22.8 Å². The van der Waals surface area contributed by atoms with Crippen LogP contribution in [0, 0.1) is 6.92 Å². The highest BCUT2D eigenvalue weighted by Crippen LogP contribution is 2.38. The summed E-state index contributed by atoms with van der Waals surface area (Å²) in [5.41, 5.74) is 0.573. The maximum absolute atomic E-state index is 13.5. The van der Waals surface area contributed by atoms with Crippen molar-refractivity contribution in [3.05, 3.63) is 119 Å². The molecule has 0 fully saturated rings. The van der Waals surface area contributed by atoms with Gasteiger partial charge in [-0.1, -0.05) is 41.6 Å². The van der Waals surface area contributed by atoms with E-state index < -0.39 is 38.5 Å². The van der Waals surface area contributed by atoms with Gasteiger partial charge in [0.05, 0.1) is 23.3 Å². The van der Waals surface area contributed by atoms with Crippen LogP contribution >= 0.6 is 11.8 Å². The van der Waals surface area contributed by atoms with Crippen molar-refractivity contribution < 1.29 is 35.6 Å². The number of carbonyl (C=O) groups is 2. The zero-order chi connectivity index (χ0) is 30.1. The number of benzene rings is 3. The number of rotatable bonds is 9. The number of hydrogen-bond donors (Lipinski definition) is 2. The normalized spacial score (nSPS) is 14.0. The predicted molar refractivity (Wildman–Crippen MR) is 151 cm³/mol. The molecule has 5 rings (SSSR count). The van der Waals surface area contributed by atoms with Gasteiger partial charge in [-0.05, 0) is 67.6 Å². The fourth-order valence-electron chi connectivity index (χ4n) is 4.04. The minimum absolute atomic E-state index is 0.0374. The molecule has 1 aromatic heterocycles. The molecule has 0 atom stereocenters. The third-order valence-corrected chi connectivity index (χ3v) is 8.57. The van der Waals surface area contributed by atoms with Gasteiger partial charge in [0.2, 0.25) is 0 Å². The molecular weight excluding hydrogens is 591 g/mol. The molecule has 216 valence electrons. The number of nitrogens with one attached hydrogen (secondary N) is 2. The van der Waals surface area contributed by atoms with E-state index in [1.807, 2.05) is 19.1 Å². The first kappa shape index (κ1) is 29.0. The van der Waals surface area contributed by atoms with E-state index in [0.29, 0.717) is 22.4 Å². The third kappa shape index (κ3) is 6.37. The average Bonchev–Trinajstić information content (AvgIpc) is 3.53. The number of aryl methyl sites for hydroxylation is 1. The topological polar surface area (TPSA) is 109 Å². The maximum atomic E-state index is 13.5. The largest absolute Gasteiger partial charge is 0.467 e. The Balaban J connectivity index is 1.43.